The molecule has 0 spiro atoms. The number of anilines is 5. The molecule has 0 bridgehead atoms. The van der Waals surface area contributed by atoms with Crippen molar-refractivity contribution in [1.29, 1.82) is 0 Å². The number of benzene rings is 2. The maximum atomic E-state index is 12.7. The summed E-state index contributed by atoms with van der Waals surface area (Å²) in [6.45, 7) is 2.14. The molecule has 0 unspecified atom stereocenters. The minimum Gasteiger partial charge on any atom is -0.506 e. The lowest BCUT2D eigenvalue weighted by molar-refractivity contribution is 0.441. The van der Waals surface area contributed by atoms with Crippen molar-refractivity contribution in [2.24, 2.45) is 22.9 Å². The summed E-state index contributed by atoms with van der Waals surface area (Å²) < 4.78 is 27.8. The zero-order chi connectivity index (χ0) is 28.4. The van der Waals surface area contributed by atoms with Gasteiger partial charge in [-0.1, -0.05) is 18.2 Å². The zero-order valence-corrected chi connectivity index (χ0v) is 22.7. The van der Waals surface area contributed by atoms with Crippen LogP contribution in [0.15, 0.2) is 53.4 Å². The third-order valence-corrected chi connectivity index (χ3v) is 8.14. The molecule has 0 radical (unpaired) electrons. The van der Waals surface area contributed by atoms with E-state index in [1.54, 1.807) is 24.3 Å². The van der Waals surface area contributed by atoms with Crippen molar-refractivity contribution in [3.8, 4) is 5.75 Å². The summed E-state index contributed by atoms with van der Waals surface area (Å²) in [5, 5.41) is 13.7. The molecule has 0 amide bonds. The van der Waals surface area contributed by atoms with E-state index in [0.29, 0.717) is 56.6 Å². The average molecular weight is 570 g/mol. The van der Waals surface area contributed by atoms with Crippen LogP contribution in [0, 0.1) is 0 Å². The number of hydrogen-bond acceptors (Lipinski definition) is 13. The Morgan fingerprint density at radius 3 is 1.80 bits per heavy atom. The van der Waals surface area contributed by atoms with E-state index in [0.717, 1.165) is 0 Å². The lowest BCUT2D eigenvalue weighted by Crippen LogP contribution is -2.54. The predicted molar refractivity (Wildman–Crippen MR) is 154 cm³/mol. The molecule has 11 N–H and O–H groups in total. The fourth-order valence-corrected chi connectivity index (χ4v) is 6.10. The Labute approximate surface area is 232 Å². The van der Waals surface area contributed by atoms with Gasteiger partial charge in [0.15, 0.2) is 0 Å². The van der Waals surface area contributed by atoms with E-state index in [-0.39, 0.29) is 46.4 Å². The number of nitrogens with one attached hydrogen (secondary N) is 2. The third kappa shape index (κ3) is 6.51. The van der Waals surface area contributed by atoms with Crippen LogP contribution in [0.2, 0.25) is 0 Å². The number of phenolic OH excluding ortho intramolecular Hbond substituents is 1. The largest absolute Gasteiger partial charge is 0.506 e. The van der Waals surface area contributed by atoms with Gasteiger partial charge in [-0.25, -0.2) is 8.42 Å². The first-order chi connectivity index (χ1) is 19.1. The van der Waals surface area contributed by atoms with Crippen molar-refractivity contribution < 1.29 is 13.5 Å². The number of hydrogen-bond donors (Lipinski definition) is 7. The van der Waals surface area contributed by atoms with E-state index < -0.39 is 10.0 Å². The number of piperidine rings is 2. The molecule has 14 nitrogen and oxygen atoms in total. The molecule has 2 aromatic carbocycles. The normalized spacial score (nSPS) is 23.6. The average Bonchev–Trinajstić information content (AvgIpc) is 2.89. The lowest BCUT2D eigenvalue weighted by Gasteiger charge is -2.37. The van der Waals surface area contributed by atoms with Crippen LogP contribution < -0.4 is 42.8 Å². The molecule has 0 saturated carbocycles. The molecule has 3 aromatic rings. The van der Waals surface area contributed by atoms with Gasteiger partial charge in [0.05, 0.1) is 10.6 Å². The van der Waals surface area contributed by atoms with Gasteiger partial charge >= 0.3 is 0 Å². The zero-order valence-electron chi connectivity index (χ0n) is 21.9. The second kappa shape index (κ2) is 11.4. The second-order valence-corrected chi connectivity index (χ2v) is 12.0. The Kier molecular flexibility index (Phi) is 7.91. The molecule has 0 aliphatic carbocycles. The van der Waals surface area contributed by atoms with Crippen LogP contribution >= 0.6 is 0 Å². The molecule has 5 rings (SSSR count). The van der Waals surface area contributed by atoms with Crippen molar-refractivity contribution in [1.82, 2.24) is 15.0 Å². The summed E-state index contributed by atoms with van der Waals surface area (Å²) in [4.78, 5) is 17.8. The summed E-state index contributed by atoms with van der Waals surface area (Å²) in [6, 6.07) is 11.8. The number of aromatic nitrogens is 3. The SMILES string of the molecule is N[C@@H]1C[C@H](N)CN(c2nc(Nc3ccc(NS(=O)(=O)c4ccccc4)c(O)c3)nc(N3C[C@H](N)C[C@H](N)C3)n2)C1. The first-order valence-corrected chi connectivity index (χ1v) is 14.5. The van der Waals surface area contributed by atoms with Gasteiger partial charge in [0.2, 0.25) is 17.8 Å². The third-order valence-electron chi connectivity index (χ3n) is 6.76. The van der Waals surface area contributed by atoms with Gasteiger partial charge < -0.3 is 43.2 Å². The maximum absolute atomic E-state index is 12.7. The molecule has 2 aliphatic heterocycles. The van der Waals surface area contributed by atoms with Gasteiger partial charge in [-0.3, -0.25) is 4.72 Å². The van der Waals surface area contributed by atoms with E-state index in [4.69, 9.17) is 27.9 Å². The van der Waals surface area contributed by atoms with Crippen LogP contribution in [-0.4, -0.2) is 78.8 Å². The number of sulfonamides is 1. The maximum Gasteiger partial charge on any atom is 0.262 e. The molecule has 2 fully saturated rings. The predicted octanol–water partition coefficient (Wildman–Crippen LogP) is -0.149. The fraction of sp³-hybridized carbons (Fsp3) is 0.400. The van der Waals surface area contributed by atoms with Gasteiger partial charge in [-0.15, -0.1) is 0 Å². The van der Waals surface area contributed by atoms with Crippen LogP contribution in [0.4, 0.5) is 29.2 Å². The van der Waals surface area contributed by atoms with Crippen LogP contribution in [0.3, 0.4) is 0 Å². The summed E-state index contributed by atoms with van der Waals surface area (Å²) >= 11 is 0. The first-order valence-electron chi connectivity index (χ1n) is 13.0. The quantitative estimate of drug-likeness (QED) is 0.184. The van der Waals surface area contributed by atoms with E-state index in [1.165, 1.54) is 24.3 Å². The Morgan fingerprint density at radius 2 is 1.30 bits per heavy atom. The topological polar surface area (TPSA) is 228 Å². The Morgan fingerprint density at radius 1 is 0.775 bits per heavy atom. The molecule has 40 heavy (non-hydrogen) atoms. The minimum atomic E-state index is -3.88. The van der Waals surface area contributed by atoms with Gasteiger partial charge in [0.25, 0.3) is 10.0 Å². The highest BCUT2D eigenvalue weighted by Gasteiger charge is 2.29. The summed E-state index contributed by atoms with van der Waals surface area (Å²) in [6.07, 6.45) is 1.41. The Hall–Kier alpha value is -3.76. The van der Waals surface area contributed by atoms with Crippen molar-refractivity contribution in [3.05, 3.63) is 48.5 Å². The van der Waals surface area contributed by atoms with E-state index in [1.807, 2.05) is 9.80 Å². The van der Waals surface area contributed by atoms with Crippen molar-refractivity contribution in [3.63, 3.8) is 0 Å². The summed E-state index contributed by atoms with van der Waals surface area (Å²) in [5.74, 6) is 0.752. The highest BCUT2D eigenvalue weighted by molar-refractivity contribution is 7.92. The summed E-state index contributed by atoms with van der Waals surface area (Å²) in [5.41, 5.74) is 25.3. The number of nitrogens with zero attached hydrogens (tertiary/aromatic N) is 5. The lowest BCUT2D eigenvalue weighted by atomic mass is 10.0. The highest BCUT2D eigenvalue weighted by atomic mass is 32.2. The van der Waals surface area contributed by atoms with Gasteiger partial charge in [0, 0.05) is 62.1 Å². The molecule has 15 heteroatoms. The number of phenols is 1. The van der Waals surface area contributed by atoms with E-state index in [9.17, 15) is 13.5 Å². The van der Waals surface area contributed by atoms with Gasteiger partial charge in [-0.2, -0.15) is 15.0 Å². The Bertz CT molecular complexity index is 1380. The van der Waals surface area contributed by atoms with Crippen LogP contribution in [0.5, 0.6) is 5.75 Å². The first kappa shape index (κ1) is 27.8. The molecule has 2 aliphatic rings. The van der Waals surface area contributed by atoms with Crippen molar-refractivity contribution in [2.45, 2.75) is 41.9 Å². The molecule has 214 valence electrons. The van der Waals surface area contributed by atoms with Gasteiger partial charge in [0.1, 0.15) is 5.75 Å². The van der Waals surface area contributed by atoms with Crippen LogP contribution in [-0.2, 0) is 10.0 Å². The molecular formula is C25H35N11O3S. The smallest absolute Gasteiger partial charge is 0.262 e. The number of nitrogens with two attached hydrogens (primary N) is 4. The van der Waals surface area contributed by atoms with E-state index >= 15 is 0 Å². The fourth-order valence-electron chi connectivity index (χ4n) is 5.00. The van der Waals surface area contributed by atoms with Crippen molar-refractivity contribution in [2.75, 3.05) is 46.0 Å². The Balaban J connectivity index is 1.42. The minimum absolute atomic E-state index is 0.0269. The highest BCUT2D eigenvalue weighted by Crippen LogP contribution is 2.31. The molecule has 3 heterocycles. The number of aromatic hydroxyl groups is 1. The monoisotopic (exact) mass is 569 g/mol. The summed E-state index contributed by atoms with van der Waals surface area (Å²) in [7, 11) is -3.88. The molecule has 1 aromatic heterocycles. The van der Waals surface area contributed by atoms with Crippen LogP contribution in [0.1, 0.15) is 12.8 Å². The number of rotatable bonds is 7. The van der Waals surface area contributed by atoms with Crippen molar-refractivity contribution >= 4 is 39.2 Å². The van der Waals surface area contributed by atoms with E-state index in [2.05, 4.69) is 20.0 Å². The van der Waals surface area contributed by atoms with Crippen LogP contribution in [0.25, 0.3) is 0 Å². The second-order valence-electron chi connectivity index (χ2n) is 10.4. The van der Waals surface area contributed by atoms with Gasteiger partial charge in [-0.05, 0) is 37.1 Å². The molecular weight excluding hydrogens is 534 g/mol. The molecule has 4 atom stereocenters. The molecule has 2 saturated heterocycles. The standard InChI is InChI=1S/C25H35N11O3S/c26-15-8-16(27)12-35(11-15)24-31-23(32-25(33-24)36-13-17(28)9-18(29)14-36)30-19-6-7-21(22(37)10-19)34-40(38,39)20-4-2-1-3-5-20/h1-7,10,15-18,34,37H,8-9,11-14,26-29H2,(H,30,31,32,33)/t15-,16+,17-,18+.